The minimum absolute atomic E-state index is 0.0705. The summed E-state index contributed by atoms with van der Waals surface area (Å²) in [7, 11) is -3.66. The molecule has 3 rings (SSSR count). The van der Waals surface area contributed by atoms with Crippen LogP contribution in [0.4, 0.5) is 11.5 Å². The molecule has 1 aliphatic rings. The Morgan fingerprint density at radius 1 is 1.19 bits per heavy atom. The maximum Gasteiger partial charge on any atom is 0.272 e. The van der Waals surface area contributed by atoms with Crippen LogP contribution in [0.25, 0.3) is 0 Å². The van der Waals surface area contributed by atoms with Gasteiger partial charge in [0.1, 0.15) is 11.1 Å². The molecular weight excluding hydrogens is 352 g/mol. The fourth-order valence-corrected chi connectivity index (χ4v) is 4.02. The average molecular weight is 375 g/mol. The number of para-hydroxylation sites is 1. The Morgan fingerprint density at radius 3 is 2.50 bits per heavy atom. The Balaban J connectivity index is 1.68. The first kappa shape index (κ1) is 18.2. The number of H-pyrrole nitrogens is 1. The van der Waals surface area contributed by atoms with Gasteiger partial charge in [0.05, 0.1) is 5.69 Å². The van der Waals surface area contributed by atoms with Crippen molar-refractivity contribution in [2.75, 3.05) is 22.7 Å². The summed E-state index contributed by atoms with van der Waals surface area (Å²) < 4.78 is 27.1. The minimum atomic E-state index is -3.66. The molecular formula is C18H23N4O3S+. The van der Waals surface area contributed by atoms with Crippen LogP contribution in [0, 0.1) is 0 Å². The molecule has 138 valence electrons. The summed E-state index contributed by atoms with van der Waals surface area (Å²) in [4.78, 5) is 14.8. The monoisotopic (exact) mass is 375 g/mol. The summed E-state index contributed by atoms with van der Waals surface area (Å²) in [6, 6.07) is 12.4. The second-order valence-electron chi connectivity index (χ2n) is 6.14. The second kappa shape index (κ2) is 7.74. The van der Waals surface area contributed by atoms with E-state index in [0.29, 0.717) is 24.1 Å². The highest BCUT2D eigenvalue weighted by atomic mass is 32.2. The molecule has 0 radical (unpaired) electrons. The number of anilines is 2. The van der Waals surface area contributed by atoms with E-state index in [-0.39, 0.29) is 17.3 Å². The summed E-state index contributed by atoms with van der Waals surface area (Å²) in [6.45, 7) is 2.26. The quantitative estimate of drug-likeness (QED) is 0.730. The summed E-state index contributed by atoms with van der Waals surface area (Å²) in [5, 5.41) is 5.84. The van der Waals surface area contributed by atoms with Gasteiger partial charge in [-0.05, 0) is 38.0 Å². The van der Waals surface area contributed by atoms with Crippen molar-refractivity contribution in [1.29, 1.82) is 0 Å². The van der Waals surface area contributed by atoms with Gasteiger partial charge in [0.2, 0.25) is 0 Å². The van der Waals surface area contributed by atoms with Crippen molar-refractivity contribution in [1.82, 2.24) is 5.32 Å². The van der Waals surface area contributed by atoms with Crippen molar-refractivity contribution in [3.05, 3.63) is 48.7 Å². The third kappa shape index (κ3) is 4.32. The fourth-order valence-electron chi connectivity index (χ4n) is 2.58. The van der Waals surface area contributed by atoms with Gasteiger partial charge in [-0.15, -0.1) is 0 Å². The Labute approximate surface area is 153 Å². The number of nitrogens with zero attached hydrogens (tertiary/aromatic N) is 1. The van der Waals surface area contributed by atoms with Gasteiger partial charge in [-0.25, -0.2) is 13.4 Å². The molecule has 1 heterocycles. The van der Waals surface area contributed by atoms with Crippen LogP contribution in [-0.4, -0.2) is 33.5 Å². The highest BCUT2D eigenvalue weighted by Gasteiger charge is 2.25. The third-order valence-electron chi connectivity index (χ3n) is 4.09. The molecule has 1 aromatic heterocycles. The Hall–Kier alpha value is -2.61. The van der Waals surface area contributed by atoms with Gasteiger partial charge >= 0.3 is 0 Å². The standard InChI is InChI=1S/C18H22N4O3S/c1-2-22(15-6-4-3-5-7-15)26(24,25)16-10-11-17(19-12-16)20-13-18(23)21-14-8-9-14/h3-7,10-12,14H,2,8-9,13H2,1H3,(H,19,20)(H,21,23)/p+1. The first-order valence-corrected chi connectivity index (χ1v) is 10.1. The lowest BCUT2D eigenvalue weighted by Crippen LogP contribution is -2.33. The first-order valence-electron chi connectivity index (χ1n) is 8.63. The van der Waals surface area contributed by atoms with Gasteiger partial charge in [0.25, 0.3) is 21.7 Å². The van der Waals surface area contributed by atoms with Crippen molar-refractivity contribution >= 4 is 27.4 Å². The number of amides is 1. The molecule has 1 aliphatic carbocycles. The molecule has 2 aromatic rings. The summed E-state index contributed by atoms with van der Waals surface area (Å²) >= 11 is 0. The number of rotatable bonds is 8. The molecule has 1 amide bonds. The lowest BCUT2D eigenvalue weighted by Gasteiger charge is -2.22. The average Bonchev–Trinajstić information content (AvgIpc) is 3.45. The van der Waals surface area contributed by atoms with Crippen molar-refractivity contribution in [3.8, 4) is 0 Å². The lowest BCUT2D eigenvalue weighted by atomic mass is 10.3. The maximum atomic E-state index is 12.9. The number of sulfonamides is 1. The van der Waals surface area contributed by atoms with Crippen LogP contribution >= 0.6 is 0 Å². The van der Waals surface area contributed by atoms with Gasteiger partial charge in [-0.1, -0.05) is 18.2 Å². The van der Waals surface area contributed by atoms with Gasteiger partial charge in [0.15, 0.2) is 6.54 Å². The van der Waals surface area contributed by atoms with E-state index in [1.807, 2.05) is 6.07 Å². The number of aromatic amines is 1. The zero-order valence-corrected chi connectivity index (χ0v) is 15.4. The Bertz CT molecular complexity index is 850. The van der Waals surface area contributed by atoms with Gasteiger partial charge in [0, 0.05) is 18.7 Å². The van der Waals surface area contributed by atoms with E-state index >= 15 is 0 Å². The lowest BCUT2D eigenvalue weighted by molar-refractivity contribution is -0.364. The maximum absolute atomic E-state index is 12.9. The van der Waals surface area contributed by atoms with Crippen LogP contribution in [0.1, 0.15) is 19.8 Å². The molecule has 1 aromatic carbocycles. The number of carbonyl (C=O) groups is 1. The molecule has 1 saturated carbocycles. The topological polar surface area (TPSA) is 92.7 Å². The molecule has 8 heteroatoms. The minimum Gasteiger partial charge on any atom is -0.350 e. The molecule has 3 N–H and O–H groups in total. The van der Waals surface area contributed by atoms with Crippen LogP contribution in [0.3, 0.4) is 0 Å². The molecule has 0 spiro atoms. The van der Waals surface area contributed by atoms with E-state index in [1.165, 1.54) is 16.6 Å². The summed E-state index contributed by atoms with van der Waals surface area (Å²) in [5.74, 6) is 0.511. The molecule has 0 atom stereocenters. The van der Waals surface area contributed by atoms with Crippen LogP contribution in [0.5, 0.6) is 0 Å². The first-order chi connectivity index (χ1) is 12.5. The fraction of sp³-hybridized carbons (Fsp3) is 0.333. The predicted octanol–water partition coefficient (Wildman–Crippen LogP) is 1.41. The van der Waals surface area contributed by atoms with Crippen molar-refractivity contribution in [2.45, 2.75) is 30.7 Å². The van der Waals surface area contributed by atoms with E-state index in [9.17, 15) is 13.2 Å². The number of hydrogen-bond acceptors (Lipinski definition) is 4. The molecule has 1 fully saturated rings. The van der Waals surface area contributed by atoms with E-state index in [4.69, 9.17) is 0 Å². The van der Waals surface area contributed by atoms with Crippen LogP contribution in [-0.2, 0) is 14.8 Å². The zero-order chi connectivity index (χ0) is 18.6. The van der Waals surface area contributed by atoms with Crippen molar-refractivity contribution < 1.29 is 18.2 Å². The summed E-state index contributed by atoms with van der Waals surface area (Å²) in [6.07, 6.45) is 3.52. The van der Waals surface area contributed by atoms with E-state index in [2.05, 4.69) is 15.6 Å². The van der Waals surface area contributed by atoms with Gasteiger partial charge in [-0.2, -0.15) is 0 Å². The number of pyridine rings is 1. The molecule has 26 heavy (non-hydrogen) atoms. The van der Waals surface area contributed by atoms with Crippen molar-refractivity contribution in [2.24, 2.45) is 0 Å². The Kier molecular flexibility index (Phi) is 5.41. The third-order valence-corrected chi connectivity index (χ3v) is 5.98. The number of nitrogens with one attached hydrogen (secondary N) is 3. The van der Waals surface area contributed by atoms with Gasteiger partial charge in [-0.3, -0.25) is 14.4 Å². The Morgan fingerprint density at radius 2 is 1.92 bits per heavy atom. The molecule has 0 bridgehead atoms. The number of hydrogen-bond donors (Lipinski definition) is 2. The molecule has 0 aliphatic heterocycles. The van der Waals surface area contributed by atoms with E-state index < -0.39 is 10.0 Å². The van der Waals surface area contributed by atoms with Crippen LogP contribution < -0.4 is 19.9 Å². The highest BCUT2D eigenvalue weighted by Crippen LogP contribution is 2.22. The molecule has 0 saturated heterocycles. The highest BCUT2D eigenvalue weighted by molar-refractivity contribution is 7.92. The predicted molar refractivity (Wildman–Crippen MR) is 99.3 cm³/mol. The molecule has 0 unspecified atom stereocenters. The molecule has 7 nitrogen and oxygen atoms in total. The number of benzene rings is 1. The second-order valence-corrected chi connectivity index (χ2v) is 8.00. The zero-order valence-electron chi connectivity index (χ0n) is 14.6. The number of aromatic nitrogens is 1. The van der Waals surface area contributed by atoms with Crippen LogP contribution in [0.15, 0.2) is 53.6 Å². The van der Waals surface area contributed by atoms with E-state index in [1.54, 1.807) is 37.3 Å². The summed E-state index contributed by atoms with van der Waals surface area (Å²) in [5.41, 5.74) is 0.619. The normalized spacial score (nSPS) is 13.9. The van der Waals surface area contributed by atoms with E-state index in [0.717, 1.165) is 12.8 Å². The van der Waals surface area contributed by atoms with Crippen molar-refractivity contribution in [3.63, 3.8) is 0 Å². The van der Waals surface area contributed by atoms with Gasteiger partial charge < -0.3 is 5.32 Å². The SMILES string of the molecule is CCN(c1ccccc1)S(=O)(=O)c1ccc(NCC(=O)NC2CC2)[nH+]c1. The largest absolute Gasteiger partial charge is 0.350 e. The number of carbonyl (C=O) groups excluding carboxylic acids is 1. The smallest absolute Gasteiger partial charge is 0.272 e. The van der Waals surface area contributed by atoms with Crippen LogP contribution in [0.2, 0.25) is 0 Å².